The van der Waals surface area contributed by atoms with E-state index in [1.165, 1.54) is 0 Å². The Bertz CT molecular complexity index is 391. The maximum atomic E-state index is 10.8. The first-order valence-electron chi connectivity index (χ1n) is 4.76. The number of rotatable bonds is 2. The highest BCUT2D eigenvalue weighted by molar-refractivity contribution is 6.29. The first kappa shape index (κ1) is 10.4. The molecule has 1 aliphatic heterocycles. The maximum absolute atomic E-state index is 10.8. The van der Waals surface area contributed by atoms with E-state index in [4.69, 9.17) is 16.7 Å². The molecule has 0 aliphatic carbocycles. The molecule has 1 N–H and O–H groups in total. The van der Waals surface area contributed by atoms with Gasteiger partial charge in [-0.1, -0.05) is 11.6 Å². The highest BCUT2D eigenvalue weighted by Crippen LogP contribution is 2.19. The van der Waals surface area contributed by atoms with Gasteiger partial charge in [0.25, 0.3) is 0 Å². The zero-order chi connectivity index (χ0) is 11.0. The summed E-state index contributed by atoms with van der Waals surface area (Å²) in [6, 6.07) is -0.478. The molecule has 0 saturated carbocycles. The summed E-state index contributed by atoms with van der Waals surface area (Å²) in [6.07, 6.45) is 1.60. The van der Waals surface area contributed by atoms with Crippen LogP contribution in [0.25, 0.3) is 0 Å². The molecule has 0 spiro atoms. The van der Waals surface area contributed by atoms with Crippen molar-refractivity contribution in [2.45, 2.75) is 26.1 Å². The summed E-state index contributed by atoms with van der Waals surface area (Å²) in [5, 5.41) is 9.51. The average molecular weight is 230 g/mol. The Morgan fingerprint density at radius 2 is 2.40 bits per heavy atom. The van der Waals surface area contributed by atoms with Crippen LogP contribution in [0.15, 0.2) is 6.20 Å². The second kappa shape index (κ2) is 3.83. The smallest absolute Gasteiger partial charge is 0.320 e. The fourth-order valence-electron chi connectivity index (χ4n) is 1.73. The topological polar surface area (TPSA) is 58.4 Å². The van der Waals surface area contributed by atoms with Gasteiger partial charge >= 0.3 is 5.97 Å². The fourth-order valence-corrected chi connectivity index (χ4v) is 1.96. The lowest BCUT2D eigenvalue weighted by atomic mass is 10.2. The summed E-state index contributed by atoms with van der Waals surface area (Å²) in [5.41, 5.74) is 0. The lowest BCUT2D eigenvalue weighted by molar-refractivity contribution is -0.143. The van der Waals surface area contributed by atoms with Crippen LogP contribution >= 0.6 is 11.6 Å². The molecule has 82 valence electrons. The van der Waals surface area contributed by atoms with Crippen LogP contribution in [0, 0.1) is 0 Å². The third-order valence-corrected chi connectivity index (χ3v) is 3.05. The number of aliphatic carboxylic acids is 1. The molecule has 2 heterocycles. The minimum absolute atomic E-state index is 0.478. The Hall–Kier alpha value is -1.07. The molecule has 0 amide bonds. The number of aromatic nitrogens is 2. The van der Waals surface area contributed by atoms with Gasteiger partial charge in [-0.25, -0.2) is 4.98 Å². The molecule has 1 aromatic rings. The van der Waals surface area contributed by atoms with E-state index in [9.17, 15) is 4.79 Å². The van der Waals surface area contributed by atoms with E-state index in [0.29, 0.717) is 24.8 Å². The van der Waals surface area contributed by atoms with Gasteiger partial charge in [-0.3, -0.25) is 9.69 Å². The van der Waals surface area contributed by atoms with Crippen LogP contribution in [0.1, 0.15) is 12.7 Å². The molecule has 1 aromatic heterocycles. The molecule has 6 heteroatoms. The molecule has 0 bridgehead atoms. The van der Waals surface area contributed by atoms with E-state index in [0.717, 1.165) is 5.82 Å². The second-order valence-corrected chi connectivity index (χ2v) is 4.02. The minimum Gasteiger partial charge on any atom is -0.480 e. The predicted molar refractivity (Wildman–Crippen MR) is 54.7 cm³/mol. The molecule has 0 unspecified atom stereocenters. The van der Waals surface area contributed by atoms with Crippen molar-refractivity contribution in [2.75, 3.05) is 6.54 Å². The lowest BCUT2D eigenvalue weighted by Crippen LogP contribution is -2.43. The van der Waals surface area contributed by atoms with Crippen LogP contribution < -0.4 is 0 Å². The molecule has 0 fully saturated rings. The first-order chi connectivity index (χ1) is 7.09. The van der Waals surface area contributed by atoms with Gasteiger partial charge in [0.1, 0.15) is 17.0 Å². The Kier molecular flexibility index (Phi) is 2.67. The quantitative estimate of drug-likeness (QED) is 0.816. The largest absolute Gasteiger partial charge is 0.480 e. The third-order valence-electron chi connectivity index (χ3n) is 2.75. The molecule has 0 radical (unpaired) electrons. The van der Waals surface area contributed by atoms with Crippen molar-refractivity contribution in [1.82, 2.24) is 14.5 Å². The number of hydrogen-bond donors (Lipinski definition) is 1. The molecule has 2 rings (SSSR count). The Labute approximate surface area is 92.3 Å². The highest BCUT2D eigenvalue weighted by atomic mass is 35.5. The Morgan fingerprint density at radius 1 is 1.67 bits per heavy atom. The van der Waals surface area contributed by atoms with Crippen molar-refractivity contribution < 1.29 is 9.90 Å². The monoisotopic (exact) mass is 229 g/mol. The number of nitrogens with zero attached hydrogens (tertiary/aromatic N) is 3. The molecule has 5 nitrogen and oxygen atoms in total. The van der Waals surface area contributed by atoms with Gasteiger partial charge < -0.3 is 9.67 Å². The van der Waals surface area contributed by atoms with E-state index < -0.39 is 12.0 Å². The summed E-state index contributed by atoms with van der Waals surface area (Å²) in [5.74, 6) is 0.0282. The summed E-state index contributed by atoms with van der Waals surface area (Å²) in [4.78, 5) is 16.8. The van der Waals surface area contributed by atoms with Crippen molar-refractivity contribution in [2.24, 2.45) is 0 Å². The van der Waals surface area contributed by atoms with Crippen LogP contribution in [-0.2, 0) is 17.9 Å². The molecular formula is C9H12ClN3O2. The van der Waals surface area contributed by atoms with Crippen molar-refractivity contribution in [3.05, 3.63) is 17.2 Å². The van der Waals surface area contributed by atoms with Gasteiger partial charge in [0.05, 0.1) is 12.7 Å². The van der Waals surface area contributed by atoms with E-state index in [2.05, 4.69) is 4.98 Å². The molecule has 0 aromatic carbocycles. The molecule has 1 atom stereocenters. The normalized spacial score (nSPS) is 18.5. The number of carboxylic acids is 1. The van der Waals surface area contributed by atoms with Crippen molar-refractivity contribution >= 4 is 17.6 Å². The summed E-state index contributed by atoms with van der Waals surface area (Å²) >= 11 is 5.91. The lowest BCUT2D eigenvalue weighted by Gasteiger charge is -2.30. The van der Waals surface area contributed by atoms with Crippen molar-refractivity contribution in [1.29, 1.82) is 0 Å². The van der Waals surface area contributed by atoms with Crippen LogP contribution in [-0.4, -0.2) is 38.1 Å². The van der Waals surface area contributed by atoms with Gasteiger partial charge in [0.2, 0.25) is 0 Å². The average Bonchev–Trinajstić information content (AvgIpc) is 2.59. The van der Waals surface area contributed by atoms with Gasteiger partial charge in [-0.05, 0) is 6.92 Å². The molecular weight excluding hydrogens is 218 g/mol. The fraction of sp³-hybridized carbons (Fsp3) is 0.556. The Balaban J connectivity index is 2.15. The Morgan fingerprint density at radius 3 is 3.07 bits per heavy atom. The highest BCUT2D eigenvalue weighted by Gasteiger charge is 2.26. The SMILES string of the molecule is C[C@@H](C(=O)O)N1CCn2c(Cl)cnc2C1. The number of carbonyl (C=O) groups is 1. The van der Waals surface area contributed by atoms with Crippen molar-refractivity contribution in [3.63, 3.8) is 0 Å². The third kappa shape index (κ3) is 1.85. The van der Waals surface area contributed by atoms with E-state index in [1.807, 2.05) is 9.47 Å². The van der Waals surface area contributed by atoms with E-state index in [-0.39, 0.29) is 0 Å². The zero-order valence-electron chi connectivity index (χ0n) is 8.35. The molecule has 1 aliphatic rings. The summed E-state index contributed by atoms with van der Waals surface area (Å²) < 4.78 is 1.91. The van der Waals surface area contributed by atoms with Gasteiger partial charge in [-0.15, -0.1) is 0 Å². The predicted octanol–water partition coefficient (Wildman–Crippen LogP) is 0.825. The zero-order valence-corrected chi connectivity index (χ0v) is 9.11. The molecule has 0 saturated heterocycles. The second-order valence-electron chi connectivity index (χ2n) is 3.63. The number of fused-ring (bicyclic) bond motifs is 1. The van der Waals surface area contributed by atoms with Gasteiger partial charge in [0.15, 0.2) is 0 Å². The van der Waals surface area contributed by atoms with Crippen LogP contribution in [0.4, 0.5) is 0 Å². The van der Waals surface area contributed by atoms with Crippen LogP contribution in [0.3, 0.4) is 0 Å². The number of imidazole rings is 1. The van der Waals surface area contributed by atoms with Crippen LogP contribution in [0.5, 0.6) is 0 Å². The first-order valence-corrected chi connectivity index (χ1v) is 5.14. The number of halogens is 1. The summed E-state index contributed by atoms with van der Waals surface area (Å²) in [7, 11) is 0. The van der Waals surface area contributed by atoms with Gasteiger partial charge in [-0.2, -0.15) is 0 Å². The minimum atomic E-state index is -0.805. The number of carboxylic acid groups (broad SMARTS) is 1. The maximum Gasteiger partial charge on any atom is 0.320 e. The van der Waals surface area contributed by atoms with Crippen molar-refractivity contribution in [3.8, 4) is 0 Å². The van der Waals surface area contributed by atoms with Gasteiger partial charge in [0, 0.05) is 13.1 Å². The van der Waals surface area contributed by atoms with E-state index in [1.54, 1.807) is 13.1 Å². The van der Waals surface area contributed by atoms with E-state index >= 15 is 0 Å². The number of hydrogen-bond acceptors (Lipinski definition) is 3. The molecule has 15 heavy (non-hydrogen) atoms. The summed E-state index contributed by atoms with van der Waals surface area (Å²) in [6.45, 7) is 3.62. The standard InChI is InChI=1S/C9H12ClN3O2/c1-6(9(14)15)12-2-3-13-7(10)4-11-8(13)5-12/h4,6H,2-3,5H2,1H3,(H,14,15)/t6-/m0/s1. The van der Waals surface area contributed by atoms with Crippen LogP contribution in [0.2, 0.25) is 5.15 Å².